The minimum atomic E-state index is -0.00209. The van der Waals surface area contributed by atoms with Gasteiger partial charge in [-0.05, 0) is 104 Å². The van der Waals surface area contributed by atoms with Gasteiger partial charge < -0.3 is 0 Å². The van der Waals surface area contributed by atoms with Gasteiger partial charge in [0.1, 0.15) is 0 Å². The second kappa shape index (κ2) is 21.0. The van der Waals surface area contributed by atoms with Crippen LogP contribution in [-0.4, -0.2) is 0 Å². The van der Waals surface area contributed by atoms with Crippen LogP contribution in [0, 0.1) is 23.7 Å². The SMILES string of the molecule is C#Cc1ccc(/C=C/c2ccc(/C=C/c3ccc4c(c3)C(CCCCCC)(CCCCCC)c3cc(/C=C/c5ccc(/C=C/c6ccc(C#N)cc6)cc5)ccc3-4)cc2)cc1. The van der Waals surface area contributed by atoms with Crippen molar-refractivity contribution in [1.82, 2.24) is 0 Å². The molecule has 302 valence electrons. The van der Waals surface area contributed by atoms with Gasteiger partial charge in [0, 0.05) is 11.0 Å². The van der Waals surface area contributed by atoms with Gasteiger partial charge in [-0.25, -0.2) is 0 Å². The molecule has 61 heavy (non-hydrogen) atoms. The van der Waals surface area contributed by atoms with E-state index in [1.807, 2.05) is 36.4 Å². The Hall–Kier alpha value is -6.67. The van der Waals surface area contributed by atoms with E-state index in [4.69, 9.17) is 11.7 Å². The topological polar surface area (TPSA) is 23.8 Å². The molecule has 0 saturated heterocycles. The Labute approximate surface area is 365 Å². The minimum absolute atomic E-state index is 0.00209. The fourth-order valence-corrected chi connectivity index (χ4v) is 8.67. The molecule has 7 rings (SSSR count). The van der Waals surface area contributed by atoms with Gasteiger partial charge in [-0.3, -0.25) is 0 Å². The van der Waals surface area contributed by atoms with E-state index < -0.39 is 0 Å². The zero-order chi connectivity index (χ0) is 42.3. The zero-order valence-corrected chi connectivity index (χ0v) is 35.9. The summed E-state index contributed by atoms with van der Waals surface area (Å²) in [7, 11) is 0. The lowest BCUT2D eigenvalue weighted by Gasteiger charge is -2.33. The minimum Gasteiger partial charge on any atom is -0.192 e. The zero-order valence-electron chi connectivity index (χ0n) is 35.9. The van der Waals surface area contributed by atoms with Crippen LogP contribution in [0.2, 0.25) is 0 Å². The van der Waals surface area contributed by atoms with Crippen molar-refractivity contribution in [2.45, 2.75) is 83.5 Å². The van der Waals surface area contributed by atoms with Gasteiger partial charge in [-0.2, -0.15) is 5.26 Å². The first-order valence-electron chi connectivity index (χ1n) is 22.3. The van der Waals surface area contributed by atoms with Gasteiger partial charge >= 0.3 is 0 Å². The van der Waals surface area contributed by atoms with Crippen molar-refractivity contribution in [1.29, 1.82) is 5.26 Å². The summed E-state index contributed by atoms with van der Waals surface area (Å²) in [5.74, 6) is 2.68. The van der Waals surface area contributed by atoms with E-state index in [1.165, 1.54) is 114 Å². The third-order valence-corrected chi connectivity index (χ3v) is 12.2. The van der Waals surface area contributed by atoms with Crippen molar-refractivity contribution in [3.05, 3.63) is 200 Å². The van der Waals surface area contributed by atoms with Gasteiger partial charge in [0.15, 0.2) is 0 Å². The Bertz CT molecular complexity index is 2390. The van der Waals surface area contributed by atoms with Crippen molar-refractivity contribution >= 4 is 48.6 Å². The summed E-state index contributed by atoms with van der Waals surface area (Å²) in [4.78, 5) is 0. The van der Waals surface area contributed by atoms with Crippen LogP contribution in [0.1, 0.15) is 145 Å². The summed E-state index contributed by atoms with van der Waals surface area (Å²) in [5.41, 5.74) is 16.8. The molecule has 0 unspecified atom stereocenters. The fourth-order valence-electron chi connectivity index (χ4n) is 8.67. The Kier molecular flexibility index (Phi) is 14.6. The van der Waals surface area contributed by atoms with Crippen molar-refractivity contribution in [2.24, 2.45) is 0 Å². The van der Waals surface area contributed by atoms with E-state index in [-0.39, 0.29) is 5.41 Å². The van der Waals surface area contributed by atoms with Crippen LogP contribution >= 0.6 is 0 Å². The molecule has 6 aromatic rings. The number of unbranched alkanes of at least 4 members (excludes halogenated alkanes) is 6. The first-order chi connectivity index (χ1) is 30.0. The summed E-state index contributed by atoms with van der Waals surface area (Å²) in [6, 6.07) is 49.8. The van der Waals surface area contributed by atoms with E-state index in [2.05, 4.69) is 172 Å². The lowest BCUT2D eigenvalue weighted by atomic mass is 9.70. The molecule has 0 spiro atoms. The molecule has 0 heterocycles. The van der Waals surface area contributed by atoms with Crippen LogP contribution in [0.4, 0.5) is 0 Å². The first kappa shape index (κ1) is 42.5. The number of hydrogen-bond donors (Lipinski definition) is 0. The molecule has 0 atom stereocenters. The van der Waals surface area contributed by atoms with Gasteiger partial charge in [0.2, 0.25) is 0 Å². The normalized spacial score (nSPS) is 12.9. The molecule has 0 N–H and O–H groups in total. The molecule has 0 aromatic heterocycles. The molecule has 1 nitrogen and oxygen atoms in total. The largest absolute Gasteiger partial charge is 0.192 e. The average molecular weight is 792 g/mol. The number of rotatable bonds is 18. The molecular formula is C60H57N. The lowest BCUT2D eigenvalue weighted by molar-refractivity contribution is 0.401. The molecular weight excluding hydrogens is 735 g/mol. The number of benzene rings is 6. The smallest absolute Gasteiger partial charge is 0.0991 e. The maximum atomic E-state index is 9.10. The van der Waals surface area contributed by atoms with Gasteiger partial charge in [0.05, 0.1) is 11.6 Å². The number of nitriles is 1. The van der Waals surface area contributed by atoms with Crippen molar-refractivity contribution < 1.29 is 0 Å². The fraction of sp³-hybridized carbons (Fsp3) is 0.217. The second-order valence-corrected chi connectivity index (χ2v) is 16.5. The van der Waals surface area contributed by atoms with Gasteiger partial charge in [-0.15, -0.1) is 6.42 Å². The molecule has 0 aliphatic heterocycles. The standard InChI is InChI=1S/C60H57N/c1-4-7-9-11-41-60(42-12-10-8-5-2)58-43-53(33-29-50-24-19-48(20-25-50)18-17-47-15-13-46(6-3)14-16-47)37-39-56(58)57-40-38-54(44-59(57)60)34-30-51-26-21-49(22-27-51)23-28-52-31-35-55(45-61)36-32-52/h3,13-40,43-44H,4-5,7-12,41-42H2,1-2H3/b18-17+,28-23+,33-29+,34-30+. The number of terminal acetylenes is 1. The van der Waals surface area contributed by atoms with E-state index in [0.29, 0.717) is 5.56 Å². The highest BCUT2D eigenvalue weighted by Gasteiger charge is 2.42. The van der Waals surface area contributed by atoms with Crippen LogP contribution in [-0.2, 0) is 5.41 Å². The highest BCUT2D eigenvalue weighted by Crippen LogP contribution is 2.55. The van der Waals surface area contributed by atoms with E-state index in [9.17, 15) is 0 Å². The monoisotopic (exact) mass is 791 g/mol. The molecule has 0 saturated carbocycles. The second-order valence-electron chi connectivity index (χ2n) is 16.5. The predicted molar refractivity (Wildman–Crippen MR) is 264 cm³/mol. The van der Waals surface area contributed by atoms with Crippen molar-refractivity contribution in [3.8, 4) is 29.5 Å². The molecule has 1 aliphatic carbocycles. The predicted octanol–water partition coefficient (Wildman–Crippen LogP) is 16.4. The summed E-state index contributed by atoms with van der Waals surface area (Å²) in [5, 5.41) is 9.10. The molecule has 0 amide bonds. The molecule has 0 radical (unpaired) electrons. The van der Waals surface area contributed by atoms with Gasteiger partial charge in [0.25, 0.3) is 0 Å². The van der Waals surface area contributed by atoms with Gasteiger partial charge in [-0.1, -0.05) is 229 Å². The van der Waals surface area contributed by atoms with E-state index in [1.54, 1.807) is 0 Å². The summed E-state index contributed by atoms with van der Waals surface area (Å²) in [6.07, 6.45) is 35.5. The highest BCUT2D eigenvalue weighted by molar-refractivity contribution is 5.85. The van der Waals surface area contributed by atoms with Crippen LogP contribution in [0.3, 0.4) is 0 Å². The number of nitrogens with zero attached hydrogens (tertiary/aromatic N) is 1. The summed E-state index contributed by atoms with van der Waals surface area (Å²) in [6.45, 7) is 4.62. The highest BCUT2D eigenvalue weighted by atomic mass is 14.4. The Morgan fingerprint density at radius 3 is 1.05 bits per heavy atom. The van der Waals surface area contributed by atoms with Crippen LogP contribution in [0.5, 0.6) is 0 Å². The quantitative estimate of drug-likeness (QED) is 0.0483. The molecule has 1 heteroatoms. The lowest BCUT2D eigenvalue weighted by Crippen LogP contribution is -2.25. The Morgan fingerprint density at radius 2 is 0.721 bits per heavy atom. The Morgan fingerprint density at radius 1 is 0.410 bits per heavy atom. The third-order valence-electron chi connectivity index (χ3n) is 12.2. The maximum absolute atomic E-state index is 9.10. The maximum Gasteiger partial charge on any atom is 0.0991 e. The molecule has 0 fully saturated rings. The third kappa shape index (κ3) is 10.9. The van der Waals surface area contributed by atoms with E-state index >= 15 is 0 Å². The molecule has 0 bridgehead atoms. The van der Waals surface area contributed by atoms with E-state index in [0.717, 1.165) is 22.3 Å². The van der Waals surface area contributed by atoms with Crippen LogP contribution in [0.25, 0.3) is 59.7 Å². The Balaban J connectivity index is 1.13. The van der Waals surface area contributed by atoms with Crippen LogP contribution < -0.4 is 0 Å². The first-order valence-corrected chi connectivity index (χ1v) is 22.3. The molecule has 6 aromatic carbocycles. The average Bonchev–Trinajstić information content (AvgIpc) is 3.57. The number of fused-ring (bicyclic) bond motifs is 3. The summed E-state index contributed by atoms with van der Waals surface area (Å²) < 4.78 is 0. The molecule has 1 aliphatic rings. The van der Waals surface area contributed by atoms with Crippen LogP contribution in [0.15, 0.2) is 133 Å². The summed E-state index contributed by atoms with van der Waals surface area (Å²) >= 11 is 0. The van der Waals surface area contributed by atoms with Crippen molar-refractivity contribution in [3.63, 3.8) is 0 Å². The van der Waals surface area contributed by atoms with Crippen molar-refractivity contribution in [2.75, 3.05) is 0 Å². The number of hydrogen-bond acceptors (Lipinski definition) is 1.